The molecule has 19 heavy (non-hydrogen) atoms. The molecule has 1 heterocycles. The second kappa shape index (κ2) is 5.50. The highest BCUT2D eigenvalue weighted by Crippen LogP contribution is 2.39. The summed E-state index contributed by atoms with van der Waals surface area (Å²) in [6.45, 7) is 5.81. The van der Waals surface area contributed by atoms with E-state index in [9.17, 15) is 10.1 Å². The van der Waals surface area contributed by atoms with Crippen molar-refractivity contribution in [2.75, 3.05) is 13.1 Å². The van der Waals surface area contributed by atoms with Crippen LogP contribution < -0.4 is 5.73 Å². The van der Waals surface area contributed by atoms with Gasteiger partial charge in [-0.1, -0.05) is 13.3 Å². The molecule has 2 fully saturated rings. The molecule has 0 spiro atoms. The van der Waals surface area contributed by atoms with E-state index in [0.717, 1.165) is 38.3 Å². The Morgan fingerprint density at radius 2 is 2.26 bits per heavy atom. The monoisotopic (exact) mass is 263 g/mol. The van der Waals surface area contributed by atoms with Crippen molar-refractivity contribution < 1.29 is 4.79 Å². The number of amides is 1. The number of hydrogen-bond donors (Lipinski definition) is 1. The van der Waals surface area contributed by atoms with Crippen molar-refractivity contribution in [3.63, 3.8) is 0 Å². The fourth-order valence-corrected chi connectivity index (χ4v) is 3.64. The van der Waals surface area contributed by atoms with Crippen LogP contribution in [0.5, 0.6) is 0 Å². The second-order valence-corrected chi connectivity index (χ2v) is 6.54. The first-order valence-corrected chi connectivity index (χ1v) is 7.43. The lowest BCUT2D eigenvalue weighted by Crippen LogP contribution is -2.45. The minimum atomic E-state index is -0.404. The van der Waals surface area contributed by atoms with Crippen LogP contribution in [-0.2, 0) is 4.79 Å². The molecule has 1 saturated carbocycles. The van der Waals surface area contributed by atoms with Crippen LogP contribution in [0.2, 0.25) is 0 Å². The van der Waals surface area contributed by atoms with Gasteiger partial charge in [-0.05, 0) is 45.1 Å². The van der Waals surface area contributed by atoms with Gasteiger partial charge < -0.3 is 5.73 Å². The molecule has 2 N–H and O–H groups in total. The number of primary amides is 1. The van der Waals surface area contributed by atoms with Gasteiger partial charge in [-0.3, -0.25) is 9.69 Å². The molecule has 4 unspecified atom stereocenters. The molecule has 0 radical (unpaired) electrons. The largest absolute Gasteiger partial charge is 0.369 e. The molecule has 1 saturated heterocycles. The summed E-state index contributed by atoms with van der Waals surface area (Å²) in [5.74, 6) is 0.652. The van der Waals surface area contributed by atoms with Crippen molar-refractivity contribution in [3.05, 3.63) is 0 Å². The number of rotatable bonds is 3. The third-order valence-electron chi connectivity index (χ3n) is 5.24. The minimum absolute atomic E-state index is 0.123. The quantitative estimate of drug-likeness (QED) is 0.845. The maximum absolute atomic E-state index is 11.6. The Kier molecular flexibility index (Phi) is 4.15. The van der Waals surface area contributed by atoms with Crippen LogP contribution in [0.1, 0.15) is 46.0 Å². The van der Waals surface area contributed by atoms with E-state index >= 15 is 0 Å². The zero-order valence-corrected chi connectivity index (χ0v) is 12.1. The number of hydrogen-bond acceptors (Lipinski definition) is 3. The van der Waals surface area contributed by atoms with Crippen molar-refractivity contribution >= 4 is 5.91 Å². The highest BCUT2D eigenvalue weighted by molar-refractivity contribution is 5.81. The SMILES string of the molecule is CCC1CCC(C#N)C(N2CCC(C)(C(N)=O)C2)C1. The van der Waals surface area contributed by atoms with E-state index in [0.29, 0.717) is 6.04 Å². The maximum atomic E-state index is 11.6. The van der Waals surface area contributed by atoms with Crippen molar-refractivity contribution in [1.82, 2.24) is 4.90 Å². The standard InChI is InChI=1S/C15H25N3O/c1-3-11-4-5-12(9-16)13(8-11)18-7-6-15(2,10-18)14(17)19/h11-13H,3-8,10H2,1-2H3,(H2,17,19). The van der Waals surface area contributed by atoms with Crippen molar-refractivity contribution in [2.24, 2.45) is 23.0 Å². The molecular weight excluding hydrogens is 238 g/mol. The summed E-state index contributed by atoms with van der Waals surface area (Å²) in [5, 5.41) is 9.35. The summed E-state index contributed by atoms with van der Waals surface area (Å²) in [6, 6.07) is 2.80. The van der Waals surface area contributed by atoms with Crippen molar-refractivity contribution in [1.29, 1.82) is 5.26 Å². The number of likely N-dealkylation sites (tertiary alicyclic amines) is 1. The van der Waals surface area contributed by atoms with Crippen LogP contribution in [0.15, 0.2) is 0 Å². The van der Waals surface area contributed by atoms with Gasteiger partial charge in [0.05, 0.1) is 17.4 Å². The van der Waals surface area contributed by atoms with E-state index in [1.165, 1.54) is 12.8 Å². The fourth-order valence-electron chi connectivity index (χ4n) is 3.64. The smallest absolute Gasteiger partial charge is 0.224 e. The summed E-state index contributed by atoms with van der Waals surface area (Å²) >= 11 is 0. The Labute approximate surface area is 115 Å². The third-order valence-corrected chi connectivity index (χ3v) is 5.24. The minimum Gasteiger partial charge on any atom is -0.369 e. The normalized spacial score (nSPS) is 39.9. The van der Waals surface area contributed by atoms with Crippen LogP contribution in [0.3, 0.4) is 0 Å². The first kappa shape index (κ1) is 14.3. The molecule has 1 amide bonds. The molecule has 2 aliphatic rings. The van der Waals surface area contributed by atoms with Crippen molar-refractivity contribution in [2.45, 2.75) is 52.0 Å². The van der Waals surface area contributed by atoms with Gasteiger partial charge in [-0.15, -0.1) is 0 Å². The molecule has 0 aromatic heterocycles. The molecule has 0 aromatic rings. The lowest BCUT2D eigenvalue weighted by molar-refractivity contribution is -0.126. The summed E-state index contributed by atoms with van der Waals surface area (Å²) in [5.41, 5.74) is 5.11. The maximum Gasteiger partial charge on any atom is 0.224 e. The van der Waals surface area contributed by atoms with Crippen LogP contribution in [0.25, 0.3) is 0 Å². The Morgan fingerprint density at radius 1 is 1.53 bits per heavy atom. The molecule has 2 rings (SSSR count). The van der Waals surface area contributed by atoms with Crippen LogP contribution >= 0.6 is 0 Å². The van der Waals surface area contributed by atoms with Gasteiger partial charge in [0.15, 0.2) is 0 Å². The molecule has 1 aliphatic heterocycles. The Balaban J connectivity index is 2.07. The van der Waals surface area contributed by atoms with Gasteiger partial charge in [-0.25, -0.2) is 0 Å². The van der Waals surface area contributed by atoms with E-state index in [1.807, 2.05) is 6.92 Å². The Hall–Kier alpha value is -1.08. The first-order chi connectivity index (χ1) is 9.00. The number of carbonyl (C=O) groups is 1. The number of carbonyl (C=O) groups excluding carboxylic acids is 1. The molecule has 4 atom stereocenters. The van der Waals surface area contributed by atoms with E-state index in [2.05, 4.69) is 17.9 Å². The molecule has 4 heteroatoms. The molecule has 106 valence electrons. The van der Waals surface area contributed by atoms with E-state index in [4.69, 9.17) is 5.73 Å². The van der Waals surface area contributed by atoms with Gasteiger partial charge in [0, 0.05) is 12.6 Å². The van der Waals surface area contributed by atoms with Gasteiger partial charge in [-0.2, -0.15) is 5.26 Å². The zero-order chi connectivity index (χ0) is 14.0. The predicted octanol–water partition coefficient (Wildman–Crippen LogP) is 1.90. The van der Waals surface area contributed by atoms with Gasteiger partial charge in [0.1, 0.15) is 0 Å². The molecule has 0 bridgehead atoms. The van der Waals surface area contributed by atoms with Gasteiger partial charge >= 0.3 is 0 Å². The van der Waals surface area contributed by atoms with Crippen LogP contribution in [-0.4, -0.2) is 29.9 Å². The van der Waals surface area contributed by atoms with E-state index in [1.54, 1.807) is 0 Å². The second-order valence-electron chi connectivity index (χ2n) is 6.54. The summed E-state index contributed by atoms with van der Waals surface area (Å²) in [7, 11) is 0. The summed E-state index contributed by atoms with van der Waals surface area (Å²) in [6.07, 6.45) is 5.29. The third kappa shape index (κ3) is 2.76. The van der Waals surface area contributed by atoms with Crippen molar-refractivity contribution in [3.8, 4) is 6.07 Å². The summed E-state index contributed by atoms with van der Waals surface area (Å²) < 4.78 is 0. The van der Waals surface area contributed by atoms with E-state index < -0.39 is 5.41 Å². The highest BCUT2D eigenvalue weighted by atomic mass is 16.1. The zero-order valence-electron chi connectivity index (χ0n) is 12.1. The average molecular weight is 263 g/mol. The molecule has 1 aliphatic carbocycles. The lowest BCUT2D eigenvalue weighted by Gasteiger charge is -2.38. The molecule has 4 nitrogen and oxygen atoms in total. The molecule has 0 aromatic carbocycles. The van der Waals surface area contributed by atoms with Gasteiger partial charge in [0.2, 0.25) is 5.91 Å². The summed E-state index contributed by atoms with van der Waals surface area (Å²) in [4.78, 5) is 13.9. The molecular formula is C15H25N3O. The lowest BCUT2D eigenvalue weighted by atomic mass is 9.77. The number of nitriles is 1. The average Bonchev–Trinajstić information content (AvgIpc) is 2.82. The predicted molar refractivity (Wildman–Crippen MR) is 74.0 cm³/mol. The highest BCUT2D eigenvalue weighted by Gasteiger charge is 2.44. The van der Waals surface area contributed by atoms with E-state index in [-0.39, 0.29) is 11.8 Å². The van der Waals surface area contributed by atoms with Crippen LogP contribution in [0, 0.1) is 28.6 Å². The Morgan fingerprint density at radius 3 is 2.79 bits per heavy atom. The number of nitrogens with zero attached hydrogens (tertiary/aromatic N) is 2. The van der Waals surface area contributed by atoms with Crippen LogP contribution in [0.4, 0.5) is 0 Å². The Bertz CT molecular complexity index is 389. The van der Waals surface area contributed by atoms with Gasteiger partial charge in [0.25, 0.3) is 0 Å². The number of nitrogens with two attached hydrogens (primary N) is 1. The first-order valence-electron chi connectivity index (χ1n) is 7.43. The fraction of sp³-hybridized carbons (Fsp3) is 0.867. The topological polar surface area (TPSA) is 70.1 Å².